The monoisotopic (exact) mass is 521 g/mol. The minimum atomic E-state index is -3.64. The Kier molecular flexibility index (Phi) is 9.86. The molecule has 8 nitrogen and oxygen atoms in total. The quantitative estimate of drug-likeness (QED) is 0.486. The molecule has 0 aliphatic heterocycles. The van der Waals surface area contributed by atoms with Crippen molar-refractivity contribution in [2.45, 2.75) is 58.7 Å². The summed E-state index contributed by atoms with van der Waals surface area (Å²) in [5.41, 5.74) is 0.675. The highest BCUT2D eigenvalue weighted by Crippen LogP contribution is 2.20. The molecule has 0 unspecified atom stereocenters. The van der Waals surface area contributed by atoms with Gasteiger partial charge in [-0.05, 0) is 76.1 Å². The molecule has 0 heterocycles. The minimum absolute atomic E-state index is 0.0243. The summed E-state index contributed by atoms with van der Waals surface area (Å²) < 4.78 is 44.3. The molecule has 0 aliphatic carbocycles. The third-order valence-electron chi connectivity index (χ3n) is 5.44. The number of anilines is 1. The maximum Gasteiger partial charge on any atom is 0.242 e. The van der Waals surface area contributed by atoms with Crippen LogP contribution < -0.4 is 14.4 Å². The zero-order chi connectivity index (χ0) is 27.1. The lowest BCUT2D eigenvalue weighted by Gasteiger charge is -2.32. The van der Waals surface area contributed by atoms with Crippen LogP contribution in [0.3, 0.4) is 0 Å². The molecule has 0 aromatic heterocycles. The lowest BCUT2D eigenvalue weighted by atomic mass is 10.1. The highest BCUT2D eigenvalue weighted by molar-refractivity contribution is 7.92. The van der Waals surface area contributed by atoms with Crippen LogP contribution in [0.1, 0.15) is 46.1 Å². The first-order chi connectivity index (χ1) is 16.7. The summed E-state index contributed by atoms with van der Waals surface area (Å²) in [5, 5.41) is 2.91. The van der Waals surface area contributed by atoms with Crippen LogP contribution in [0.5, 0.6) is 5.75 Å². The molecule has 2 aromatic rings. The Morgan fingerprint density at radius 2 is 1.64 bits per heavy atom. The third-order valence-corrected chi connectivity index (χ3v) is 6.64. The molecule has 1 N–H and O–H groups in total. The van der Waals surface area contributed by atoms with Crippen LogP contribution in [0, 0.1) is 5.82 Å². The number of nitrogens with one attached hydrogen (secondary N) is 1. The number of halogens is 1. The van der Waals surface area contributed by atoms with Crippen LogP contribution in [0.25, 0.3) is 0 Å². The van der Waals surface area contributed by atoms with E-state index in [1.54, 1.807) is 26.2 Å². The van der Waals surface area contributed by atoms with Gasteiger partial charge in [-0.25, -0.2) is 12.8 Å². The molecule has 2 amide bonds. The topological polar surface area (TPSA) is 96.0 Å². The Balaban J connectivity index is 2.18. The van der Waals surface area contributed by atoms with Gasteiger partial charge in [0.1, 0.15) is 17.6 Å². The molecule has 1 atom stereocenters. The zero-order valence-electron chi connectivity index (χ0n) is 21.7. The first kappa shape index (κ1) is 29.1. The summed E-state index contributed by atoms with van der Waals surface area (Å²) >= 11 is 0. The number of rotatable bonds is 11. The van der Waals surface area contributed by atoms with Crippen molar-refractivity contribution in [1.29, 1.82) is 0 Å². The molecule has 0 aliphatic rings. The Morgan fingerprint density at radius 1 is 1.06 bits per heavy atom. The fourth-order valence-corrected chi connectivity index (χ4v) is 4.56. The van der Waals surface area contributed by atoms with E-state index in [4.69, 9.17) is 4.74 Å². The van der Waals surface area contributed by atoms with Gasteiger partial charge in [0.2, 0.25) is 21.8 Å². The number of ether oxygens (including phenoxy) is 1. The molecule has 0 saturated carbocycles. The van der Waals surface area contributed by atoms with E-state index in [0.29, 0.717) is 11.4 Å². The van der Waals surface area contributed by atoms with Gasteiger partial charge in [-0.1, -0.05) is 12.1 Å². The smallest absolute Gasteiger partial charge is 0.242 e. The maximum absolute atomic E-state index is 13.3. The summed E-state index contributed by atoms with van der Waals surface area (Å²) in [6, 6.07) is 11.6. The van der Waals surface area contributed by atoms with Crippen molar-refractivity contribution in [3.63, 3.8) is 0 Å². The number of carbonyl (C=O) groups excluding carboxylic acids is 2. The van der Waals surface area contributed by atoms with Crippen molar-refractivity contribution in [3.05, 3.63) is 59.9 Å². The molecule has 2 aromatic carbocycles. The van der Waals surface area contributed by atoms with Crippen LogP contribution in [0.4, 0.5) is 10.1 Å². The molecule has 0 spiro atoms. The van der Waals surface area contributed by atoms with E-state index >= 15 is 0 Å². The second-order valence-corrected chi connectivity index (χ2v) is 11.6. The number of amides is 2. The Labute approximate surface area is 213 Å². The SMILES string of the molecule is COc1ccc(CN(C(=O)CCCN(c2ccc(F)cc2)S(C)(=O)=O)[C@H](C)C(=O)NC(C)(C)C)cc1. The van der Waals surface area contributed by atoms with E-state index in [1.807, 2.05) is 32.9 Å². The van der Waals surface area contributed by atoms with Gasteiger partial charge in [0.05, 0.1) is 19.1 Å². The highest BCUT2D eigenvalue weighted by Gasteiger charge is 2.28. The van der Waals surface area contributed by atoms with E-state index in [2.05, 4.69) is 5.32 Å². The molecule has 0 bridgehead atoms. The Hall–Kier alpha value is -3.14. The fourth-order valence-electron chi connectivity index (χ4n) is 3.60. The van der Waals surface area contributed by atoms with Crippen molar-refractivity contribution in [1.82, 2.24) is 10.2 Å². The predicted molar refractivity (Wildman–Crippen MR) is 139 cm³/mol. The van der Waals surface area contributed by atoms with E-state index in [0.717, 1.165) is 16.1 Å². The van der Waals surface area contributed by atoms with Crippen molar-refractivity contribution in [2.75, 3.05) is 24.2 Å². The van der Waals surface area contributed by atoms with Gasteiger partial charge in [0.15, 0.2) is 0 Å². The molecule has 0 radical (unpaired) electrons. The van der Waals surface area contributed by atoms with Crippen molar-refractivity contribution in [3.8, 4) is 5.75 Å². The Morgan fingerprint density at radius 3 is 2.14 bits per heavy atom. The average Bonchev–Trinajstić information content (AvgIpc) is 2.79. The fraction of sp³-hybridized carbons (Fsp3) is 0.462. The van der Waals surface area contributed by atoms with E-state index in [-0.39, 0.29) is 37.7 Å². The van der Waals surface area contributed by atoms with Crippen LogP contribution in [-0.2, 0) is 26.2 Å². The van der Waals surface area contributed by atoms with Crippen LogP contribution >= 0.6 is 0 Å². The van der Waals surface area contributed by atoms with Gasteiger partial charge in [-0.3, -0.25) is 13.9 Å². The van der Waals surface area contributed by atoms with Crippen LogP contribution in [0.15, 0.2) is 48.5 Å². The first-order valence-corrected chi connectivity index (χ1v) is 13.5. The lowest BCUT2D eigenvalue weighted by molar-refractivity contribution is -0.141. The first-order valence-electron chi connectivity index (χ1n) is 11.7. The second kappa shape index (κ2) is 12.2. The van der Waals surface area contributed by atoms with Gasteiger partial charge in [0, 0.05) is 25.0 Å². The van der Waals surface area contributed by atoms with Gasteiger partial charge in [-0.2, -0.15) is 0 Å². The van der Waals surface area contributed by atoms with Crippen molar-refractivity contribution in [2.24, 2.45) is 0 Å². The molecule has 2 rings (SSSR count). The maximum atomic E-state index is 13.3. The standard InChI is InChI=1S/C26H36FN3O5S/c1-19(25(32)28-26(2,3)4)29(18-20-9-15-23(35-5)16-10-20)24(31)8-7-17-30(36(6,33)34)22-13-11-21(27)12-14-22/h9-16,19H,7-8,17-18H2,1-6H3,(H,28,32)/t19-/m1/s1. The second-order valence-electron chi connectivity index (χ2n) is 9.70. The Bertz CT molecular complexity index is 1130. The molecular formula is C26H36FN3O5S. The molecule has 0 saturated heterocycles. The van der Waals surface area contributed by atoms with Crippen LogP contribution in [0.2, 0.25) is 0 Å². The number of methoxy groups -OCH3 is 1. The number of nitrogens with zero attached hydrogens (tertiary/aromatic N) is 2. The van der Waals surface area contributed by atoms with Gasteiger partial charge in [0.25, 0.3) is 0 Å². The number of hydrogen-bond donors (Lipinski definition) is 1. The van der Waals surface area contributed by atoms with Gasteiger partial charge in [-0.15, -0.1) is 0 Å². The number of hydrogen-bond acceptors (Lipinski definition) is 5. The summed E-state index contributed by atoms with van der Waals surface area (Å²) in [4.78, 5) is 27.7. The number of carbonyl (C=O) groups is 2. The van der Waals surface area contributed by atoms with Gasteiger partial charge < -0.3 is 15.0 Å². The normalized spacial score (nSPS) is 12.5. The predicted octanol–water partition coefficient (Wildman–Crippen LogP) is 3.71. The summed E-state index contributed by atoms with van der Waals surface area (Å²) in [6.07, 6.45) is 1.31. The average molecular weight is 522 g/mol. The summed E-state index contributed by atoms with van der Waals surface area (Å²) in [6.45, 7) is 7.50. The minimum Gasteiger partial charge on any atom is -0.497 e. The van der Waals surface area contributed by atoms with E-state index in [9.17, 15) is 22.4 Å². The molecular weight excluding hydrogens is 485 g/mol. The zero-order valence-corrected chi connectivity index (χ0v) is 22.6. The highest BCUT2D eigenvalue weighted by atomic mass is 32.2. The molecule has 198 valence electrons. The number of benzene rings is 2. The number of sulfonamides is 1. The molecule has 36 heavy (non-hydrogen) atoms. The van der Waals surface area contributed by atoms with Gasteiger partial charge >= 0.3 is 0 Å². The van der Waals surface area contributed by atoms with Crippen molar-refractivity contribution >= 4 is 27.5 Å². The van der Waals surface area contributed by atoms with Crippen molar-refractivity contribution < 1.29 is 27.1 Å². The largest absolute Gasteiger partial charge is 0.497 e. The molecule has 0 fully saturated rings. The summed E-state index contributed by atoms with van der Waals surface area (Å²) in [7, 11) is -2.08. The summed E-state index contributed by atoms with van der Waals surface area (Å²) in [5.74, 6) is -0.362. The molecule has 10 heteroatoms. The lowest BCUT2D eigenvalue weighted by Crippen LogP contribution is -2.52. The van der Waals surface area contributed by atoms with E-state index in [1.165, 1.54) is 29.2 Å². The third kappa shape index (κ3) is 8.82. The van der Waals surface area contributed by atoms with Crippen LogP contribution in [-0.4, -0.2) is 56.6 Å². The van der Waals surface area contributed by atoms with E-state index < -0.39 is 27.4 Å².